The van der Waals surface area contributed by atoms with Crippen molar-refractivity contribution in [2.24, 2.45) is 5.16 Å². The molecule has 7 nitrogen and oxygen atoms in total. The lowest BCUT2D eigenvalue weighted by Gasteiger charge is -2.07. The molecule has 0 radical (unpaired) electrons. The summed E-state index contributed by atoms with van der Waals surface area (Å²) in [6.45, 7) is -0.276. The highest BCUT2D eigenvalue weighted by atomic mass is 35.5. The minimum absolute atomic E-state index is 0.262. The molecule has 0 atom stereocenters. The molecule has 0 aliphatic carbocycles. The molecule has 2 rings (SSSR count). The zero-order chi connectivity index (χ0) is 18.9. The molecule has 0 fully saturated rings. The molecular formula is C18H16ClN3O4. The molecule has 0 spiro atoms. The minimum atomic E-state index is -0.407. The zero-order valence-corrected chi connectivity index (χ0v) is 14.9. The van der Waals surface area contributed by atoms with Crippen molar-refractivity contribution in [1.29, 1.82) is 5.26 Å². The highest BCUT2D eigenvalue weighted by molar-refractivity contribution is 6.32. The maximum Gasteiger partial charge on any atom is 0.265 e. The molecule has 0 heterocycles. The van der Waals surface area contributed by atoms with E-state index in [0.717, 1.165) is 5.56 Å². The van der Waals surface area contributed by atoms with Crippen LogP contribution in [0.15, 0.2) is 41.6 Å². The Kier molecular flexibility index (Phi) is 6.83. The van der Waals surface area contributed by atoms with Gasteiger partial charge in [0.05, 0.1) is 31.0 Å². The van der Waals surface area contributed by atoms with E-state index >= 15 is 0 Å². The summed E-state index contributed by atoms with van der Waals surface area (Å²) in [5.41, 5.74) is 1.52. The number of benzene rings is 2. The van der Waals surface area contributed by atoms with Crippen LogP contribution in [-0.2, 0) is 9.63 Å². The molecule has 134 valence electrons. The zero-order valence-electron chi connectivity index (χ0n) is 14.2. The van der Waals surface area contributed by atoms with E-state index in [1.165, 1.54) is 25.5 Å². The van der Waals surface area contributed by atoms with E-state index in [-0.39, 0.29) is 11.6 Å². The number of oxime groups is 1. The van der Waals surface area contributed by atoms with Crippen molar-refractivity contribution in [2.45, 2.75) is 0 Å². The van der Waals surface area contributed by atoms with Gasteiger partial charge in [-0.2, -0.15) is 5.26 Å². The van der Waals surface area contributed by atoms with Gasteiger partial charge in [-0.3, -0.25) is 4.79 Å². The Morgan fingerprint density at radius 3 is 2.65 bits per heavy atom. The van der Waals surface area contributed by atoms with Crippen LogP contribution < -0.4 is 14.8 Å². The average molecular weight is 374 g/mol. The van der Waals surface area contributed by atoms with Crippen molar-refractivity contribution < 1.29 is 19.1 Å². The number of anilines is 1. The van der Waals surface area contributed by atoms with Crippen LogP contribution in [0.1, 0.15) is 11.1 Å². The van der Waals surface area contributed by atoms with Gasteiger partial charge in [-0.15, -0.1) is 0 Å². The molecule has 0 saturated carbocycles. The summed E-state index contributed by atoms with van der Waals surface area (Å²) >= 11 is 5.91. The molecule has 0 bridgehead atoms. The molecule has 2 aromatic carbocycles. The Morgan fingerprint density at radius 1 is 1.23 bits per heavy atom. The number of rotatable bonds is 7. The Labute approximate surface area is 155 Å². The molecule has 8 heteroatoms. The normalized spacial score (nSPS) is 10.2. The largest absolute Gasteiger partial charge is 0.493 e. The number of amides is 1. The van der Waals surface area contributed by atoms with Crippen molar-refractivity contribution in [1.82, 2.24) is 0 Å². The molecule has 2 aromatic rings. The molecule has 0 saturated heterocycles. The second kappa shape index (κ2) is 9.30. The molecule has 1 amide bonds. The van der Waals surface area contributed by atoms with Gasteiger partial charge in [0.1, 0.15) is 6.07 Å². The van der Waals surface area contributed by atoms with Crippen LogP contribution in [0.4, 0.5) is 5.69 Å². The Balaban J connectivity index is 1.87. The van der Waals surface area contributed by atoms with Crippen molar-refractivity contribution in [3.63, 3.8) is 0 Å². The number of hydrogen-bond donors (Lipinski definition) is 1. The number of carbonyl (C=O) groups excluding carboxylic acids is 1. The average Bonchev–Trinajstić information content (AvgIpc) is 2.65. The second-order valence-electron chi connectivity index (χ2n) is 4.98. The van der Waals surface area contributed by atoms with Crippen LogP contribution in [0, 0.1) is 11.3 Å². The summed E-state index contributed by atoms with van der Waals surface area (Å²) in [4.78, 5) is 16.8. The van der Waals surface area contributed by atoms with Crippen LogP contribution in [0.3, 0.4) is 0 Å². The third kappa shape index (κ3) is 5.13. The summed E-state index contributed by atoms with van der Waals surface area (Å²) in [6.07, 6.45) is 1.45. The summed E-state index contributed by atoms with van der Waals surface area (Å²) in [5, 5.41) is 15.4. The molecule has 0 aliphatic rings. The predicted octanol–water partition coefficient (Wildman–Crippen LogP) is 3.22. The lowest BCUT2D eigenvalue weighted by atomic mass is 10.2. The van der Waals surface area contributed by atoms with E-state index in [0.29, 0.717) is 22.7 Å². The SMILES string of the molecule is COc1ccc(/C=N/OCC(=O)Nc2ccc(C#N)c(Cl)c2)cc1OC. The predicted molar refractivity (Wildman–Crippen MR) is 97.9 cm³/mol. The summed E-state index contributed by atoms with van der Waals surface area (Å²) in [7, 11) is 3.09. The maximum absolute atomic E-state index is 11.8. The van der Waals surface area contributed by atoms with E-state index in [9.17, 15) is 4.79 Å². The van der Waals surface area contributed by atoms with Gasteiger partial charge in [-0.25, -0.2) is 0 Å². The monoisotopic (exact) mass is 373 g/mol. The maximum atomic E-state index is 11.8. The Hall–Kier alpha value is -3.24. The third-order valence-electron chi connectivity index (χ3n) is 3.25. The summed E-state index contributed by atoms with van der Waals surface area (Å²) < 4.78 is 10.3. The highest BCUT2D eigenvalue weighted by Crippen LogP contribution is 2.26. The van der Waals surface area contributed by atoms with Gasteiger partial charge in [0.25, 0.3) is 5.91 Å². The van der Waals surface area contributed by atoms with Crippen LogP contribution in [0.25, 0.3) is 0 Å². The van der Waals surface area contributed by atoms with Crippen molar-refractivity contribution in [2.75, 3.05) is 26.1 Å². The van der Waals surface area contributed by atoms with Crippen LogP contribution in [0.5, 0.6) is 11.5 Å². The van der Waals surface area contributed by atoms with Gasteiger partial charge in [0.2, 0.25) is 0 Å². The van der Waals surface area contributed by atoms with E-state index in [2.05, 4.69) is 10.5 Å². The van der Waals surface area contributed by atoms with Crippen molar-refractivity contribution in [3.8, 4) is 17.6 Å². The van der Waals surface area contributed by atoms with Crippen LogP contribution >= 0.6 is 11.6 Å². The van der Waals surface area contributed by atoms with E-state index in [4.69, 9.17) is 31.2 Å². The first-order valence-electron chi connectivity index (χ1n) is 7.44. The van der Waals surface area contributed by atoms with E-state index < -0.39 is 5.91 Å². The van der Waals surface area contributed by atoms with Gasteiger partial charge in [0.15, 0.2) is 18.1 Å². The first kappa shape index (κ1) is 19.1. The first-order valence-corrected chi connectivity index (χ1v) is 7.82. The molecular weight excluding hydrogens is 358 g/mol. The van der Waals surface area contributed by atoms with Gasteiger partial charge >= 0.3 is 0 Å². The smallest absolute Gasteiger partial charge is 0.265 e. The molecule has 26 heavy (non-hydrogen) atoms. The van der Waals surface area contributed by atoms with Crippen molar-refractivity contribution in [3.05, 3.63) is 52.5 Å². The fraction of sp³-hybridized carbons (Fsp3) is 0.167. The molecule has 1 N–H and O–H groups in total. The topological polar surface area (TPSA) is 92.9 Å². The lowest BCUT2D eigenvalue weighted by molar-refractivity contribution is -0.120. The van der Waals surface area contributed by atoms with Gasteiger partial charge in [0, 0.05) is 11.3 Å². The van der Waals surface area contributed by atoms with E-state index in [1.54, 1.807) is 31.4 Å². The summed E-state index contributed by atoms with van der Waals surface area (Å²) in [6, 6.07) is 11.8. The minimum Gasteiger partial charge on any atom is -0.493 e. The first-order chi connectivity index (χ1) is 12.6. The third-order valence-corrected chi connectivity index (χ3v) is 3.57. The number of hydrogen-bond acceptors (Lipinski definition) is 6. The standard InChI is InChI=1S/C18H16ClN3O4/c1-24-16-6-3-12(7-17(16)25-2)10-21-26-11-18(23)22-14-5-4-13(9-20)15(19)8-14/h3-8,10H,11H2,1-2H3,(H,22,23)/b21-10+. The molecule has 0 unspecified atom stereocenters. The Morgan fingerprint density at radius 2 is 2.00 bits per heavy atom. The number of nitrogens with one attached hydrogen (secondary N) is 1. The summed E-state index contributed by atoms with van der Waals surface area (Å²) in [5.74, 6) is 0.758. The van der Waals surface area contributed by atoms with E-state index in [1.807, 2.05) is 6.07 Å². The molecule has 0 aliphatic heterocycles. The Bertz CT molecular complexity index is 862. The molecule has 0 aromatic heterocycles. The lowest BCUT2D eigenvalue weighted by Crippen LogP contribution is -2.17. The second-order valence-corrected chi connectivity index (χ2v) is 5.38. The number of nitrogens with zero attached hydrogens (tertiary/aromatic N) is 2. The number of ether oxygens (including phenoxy) is 2. The fourth-order valence-electron chi connectivity index (χ4n) is 2.01. The fourth-order valence-corrected chi connectivity index (χ4v) is 2.23. The van der Waals surface area contributed by atoms with Gasteiger partial charge < -0.3 is 19.6 Å². The number of nitriles is 1. The number of carbonyl (C=O) groups is 1. The quantitative estimate of drug-likeness (QED) is 0.594. The van der Waals surface area contributed by atoms with Gasteiger partial charge in [-0.1, -0.05) is 16.8 Å². The number of methoxy groups -OCH3 is 2. The van der Waals surface area contributed by atoms with Crippen LogP contribution in [-0.4, -0.2) is 32.9 Å². The van der Waals surface area contributed by atoms with Crippen LogP contribution in [0.2, 0.25) is 5.02 Å². The van der Waals surface area contributed by atoms with Crippen molar-refractivity contribution >= 4 is 29.4 Å². The number of halogens is 1. The van der Waals surface area contributed by atoms with Gasteiger partial charge in [-0.05, 0) is 36.4 Å². The highest BCUT2D eigenvalue weighted by Gasteiger charge is 2.06.